The van der Waals surface area contributed by atoms with Crippen LogP contribution in [0.25, 0.3) is 10.6 Å². The minimum atomic E-state index is -1.08. The summed E-state index contributed by atoms with van der Waals surface area (Å²) in [6, 6.07) is 5.93. The zero-order valence-corrected chi connectivity index (χ0v) is 28.4. The van der Waals surface area contributed by atoms with Crippen LogP contribution in [-0.2, 0) is 14.4 Å². The van der Waals surface area contributed by atoms with Gasteiger partial charge in [-0.3, -0.25) is 50.1 Å². The van der Waals surface area contributed by atoms with Crippen LogP contribution in [0.3, 0.4) is 0 Å². The van der Waals surface area contributed by atoms with Crippen molar-refractivity contribution in [1.82, 2.24) is 30.4 Å². The van der Waals surface area contributed by atoms with E-state index in [0.29, 0.717) is 0 Å². The van der Waals surface area contributed by atoms with Crippen LogP contribution in [0, 0.1) is 169 Å². The van der Waals surface area contributed by atoms with Crippen LogP contribution in [-0.4, -0.2) is 111 Å². The van der Waals surface area contributed by atoms with Crippen molar-refractivity contribution in [3.05, 3.63) is 73.6 Å². The second-order valence-corrected chi connectivity index (χ2v) is 6.84. The summed E-state index contributed by atoms with van der Waals surface area (Å²) in [5.74, 6) is -2.43. The Morgan fingerprint density at radius 1 is 0.846 bits per heavy atom. The third-order valence-corrected chi connectivity index (χ3v) is 4.01. The van der Waals surface area contributed by atoms with Gasteiger partial charge in [-0.25, -0.2) is 4.98 Å². The molecule has 3 heterocycles. The van der Waals surface area contributed by atoms with E-state index in [9.17, 15) is 0 Å². The molecule has 1 saturated heterocycles. The number of nitrogens with one attached hydrogen (secondary N) is 2. The van der Waals surface area contributed by atoms with E-state index in [1.54, 1.807) is 6.33 Å². The summed E-state index contributed by atoms with van der Waals surface area (Å²) < 4.78 is 0. The van der Waals surface area contributed by atoms with Gasteiger partial charge in [0.05, 0.1) is 5.69 Å². The summed E-state index contributed by atoms with van der Waals surface area (Å²) in [5.41, 5.74) is 0.969. The van der Waals surface area contributed by atoms with E-state index < -0.39 is 17.9 Å². The van der Waals surface area contributed by atoms with Crippen LogP contribution in [0.5, 0.6) is 0 Å². The van der Waals surface area contributed by atoms with Gasteiger partial charge in [-0.05, 0) is 25.2 Å². The molecule has 1 fully saturated rings. The fraction of sp³-hybridized carbons (Fsp3) is 0.409. The van der Waals surface area contributed by atoms with Gasteiger partial charge in [-0.2, -0.15) is 18.2 Å². The summed E-state index contributed by atoms with van der Waals surface area (Å²) in [6.07, 6.45) is 3.37. The van der Waals surface area contributed by atoms with Gasteiger partial charge in [-0.1, -0.05) is 6.07 Å². The van der Waals surface area contributed by atoms with Crippen LogP contribution in [0.1, 0.15) is 17.6 Å². The Hall–Kier alpha value is 0.903. The second-order valence-electron chi connectivity index (χ2n) is 6.84. The molecule has 14 nitrogen and oxygen atoms in total. The molecule has 1 unspecified atom stereocenters. The van der Waals surface area contributed by atoms with E-state index in [4.69, 9.17) is 29.7 Å². The molecule has 0 saturated carbocycles. The molecule has 3 rings (SSSR count). The molecule has 0 amide bonds. The first-order valence-corrected chi connectivity index (χ1v) is 10.8. The molecule has 5 N–H and O–H groups in total. The van der Waals surface area contributed by atoms with E-state index >= 15 is 0 Å². The van der Waals surface area contributed by atoms with Crippen LogP contribution in [0.2, 0.25) is 0 Å². The number of carboxylic acid groups (broad SMARTS) is 3. The molecule has 1 aliphatic heterocycles. The standard InChI is InChI=1S/C16H24N8.3C2H3O2.3Eu/c1-2-4-20-14(3-1)15(16-21-13-22-23-16)24-11-9-18-7-5-17-6-8-19-10-12-24;3*1-2(3)4;;;/h1-4,13,15,18H,5-12H2,(H,21,22,23);3*1H2,(H,3,4);;;/q-2;3*-1;3*+2. The zero-order chi connectivity index (χ0) is 27.2. The quantitative estimate of drug-likeness (QED) is 0.270. The summed E-state index contributed by atoms with van der Waals surface area (Å²) in [6.45, 7) is 14.4. The number of nitrogens with zero attached hydrogens (tertiary/aromatic N) is 6. The largest absolute Gasteiger partial charge is 2.00 e. The fourth-order valence-corrected chi connectivity index (χ4v) is 2.82. The maximum atomic E-state index is 8.89. The number of hydrogen-bond donors (Lipinski definition) is 5. The molecule has 1 aliphatic rings. The average Bonchev–Trinajstić information content (AvgIpc) is 3.29. The number of aromatic amines is 1. The second kappa shape index (κ2) is 31.8. The monoisotopic (exact) mass is 964 g/mol. The number of aliphatic carboxylic acids is 3. The minimum absolute atomic E-state index is 0. The first-order valence-electron chi connectivity index (χ1n) is 10.8. The van der Waals surface area contributed by atoms with Gasteiger partial charge in [0.25, 0.3) is 0 Å². The molecular formula is C22H33Eu3N8O6+. The normalized spacial score (nSPS) is 14.2. The minimum Gasteiger partial charge on any atom is -0.663 e. The van der Waals surface area contributed by atoms with Crippen molar-refractivity contribution in [1.29, 1.82) is 0 Å². The molecule has 2 aromatic heterocycles. The average molecular weight is 961 g/mol. The van der Waals surface area contributed by atoms with Crippen molar-refractivity contribution in [2.24, 2.45) is 0 Å². The van der Waals surface area contributed by atoms with E-state index in [-0.39, 0.29) is 154 Å². The Labute approximate surface area is 351 Å². The van der Waals surface area contributed by atoms with E-state index in [1.807, 2.05) is 24.4 Å². The van der Waals surface area contributed by atoms with E-state index in [2.05, 4.69) is 61.8 Å². The zero-order valence-electron chi connectivity index (χ0n) is 21.1. The van der Waals surface area contributed by atoms with E-state index in [0.717, 1.165) is 63.9 Å². The number of pyridine rings is 1. The molecule has 0 spiro atoms. The number of H-pyrrole nitrogens is 1. The van der Waals surface area contributed by atoms with Crippen LogP contribution in [0.4, 0.5) is 0 Å². The number of rotatable bonds is 3. The third kappa shape index (κ3) is 30.2. The number of carboxylic acids is 3. The maximum Gasteiger partial charge on any atom is 2.00 e. The molecule has 3 radical (unpaired) electrons. The summed E-state index contributed by atoms with van der Waals surface area (Å²) in [5, 5.41) is 41.4. The van der Waals surface area contributed by atoms with Crippen molar-refractivity contribution in [2.45, 2.75) is 6.04 Å². The SMILES string of the molecule is [CH2-]C(=O)O.[CH2-]C(=O)O.[CH2-]C(=O)O.[Eu+2].[Eu+2].[Eu+2].c1ccc(C(c2ncn[nH]2)N2CC[N-]CC[N-]CCNCC2)nc1. The fourth-order valence-electron chi connectivity index (χ4n) is 2.82. The summed E-state index contributed by atoms with van der Waals surface area (Å²) >= 11 is 0. The number of aromatic nitrogens is 4. The van der Waals surface area contributed by atoms with Gasteiger partial charge in [0.2, 0.25) is 0 Å². The maximum absolute atomic E-state index is 8.89. The molecule has 39 heavy (non-hydrogen) atoms. The summed E-state index contributed by atoms with van der Waals surface area (Å²) in [4.78, 5) is 38.0. The predicted molar refractivity (Wildman–Crippen MR) is 132 cm³/mol. The topological polar surface area (TPSA) is 210 Å². The first-order chi connectivity index (χ1) is 17.1. The molecule has 217 valence electrons. The molecule has 2 aromatic rings. The Kier molecular flexibility index (Phi) is 38.2. The van der Waals surface area contributed by atoms with Crippen LogP contribution < -0.4 is 5.32 Å². The Balaban J connectivity index is -0.000000348. The van der Waals surface area contributed by atoms with Crippen molar-refractivity contribution >= 4 is 17.9 Å². The first kappa shape index (κ1) is 46.9. The Morgan fingerprint density at radius 2 is 1.41 bits per heavy atom. The molecule has 0 aromatic carbocycles. The molecular weight excluding hydrogens is 928 g/mol. The van der Waals surface area contributed by atoms with Crippen molar-refractivity contribution in [2.75, 3.05) is 52.4 Å². The van der Waals surface area contributed by atoms with Crippen LogP contribution >= 0.6 is 0 Å². The van der Waals surface area contributed by atoms with Gasteiger partial charge < -0.3 is 31.3 Å². The van der Waals surface area contributed by atoms with Crippen molar-refractivity contribution in [3.8, 4) is 0 Å². The van der Waals surface area contributed by atoms with Gasteiger partial charge in [0, 0.05) is 19.3 Å². The van der Waals surface area contributed by atoms with Gasteiger partial charge in [0.1, 0.15) is 18.2 Å². The van der Waals surface area contributed by atoms with Gasteiger partial charge in [-0.15, -0.1) is 13.1 Å². The number of carbonyl (C=O) groups is 3. The van der Waals surface area contributed by atoms with Crippen LogP contribution in [0.15, 0.2) is 30.7 Å². The number of hydrogen-bond acceptors (Lipinski definition) is 8. The molecule has 1 atom stereocenters. The molecule has 17 heteroatoms. The van der Waals surface area contributed by atoms with Crippen molar-refractivity contribution < 1.29 is 178 Å². The van der Waals surface area contributed by atoms with Gasteiger partial charge in [0.15, 0.2) is 17.9 Å². The van der Waals surface area contributed by atoms with E-state index in [1.165, 1.54) is 0 Å². The third-order valence-electron chi connectivity index (χ3n) is 4.01. The molecule has 0 bridgehead atoms. The predicted octanol–water partition coefficient (Wildman–Crippen LogP) is 0.657. The molecule has 0 aliphatic carbocycles. The Morgan fingerprint density at radius 3 is 1.90 bits per heavy atom. The van der Waals surface area contributed by atoms with Gasteiger partial charge >= 0.3 is 148 Å². The summed E-state index contributed by atoms with van der Waals surface area (Å²) in [7, 11) is 0. The smallest absolute Gasteiger partial charge is 0.663 e. The van der Waals surface area contributed by atoms with Crippen molar-refractivity contribution in [3.63, 3.8) is 0 Å². The Bertz CT molecular complexity index is 801.